The largest absolute Gasteiger partial charge is 0.505 e. The molecule has 1 unspecified atom stereocenters. The zero-order valence-electron chi connectivity index (χ0n) is 9.21. The Hall–Kier alpha value is -1.34. The molecule has 1 aromatic rings. The maximum Gasteiger partial charge on any atom is 0.144 e. The van der Waals surface area contributed by atoms with Crippen LogP contribution in [0.3, 0.4) is 0 Å². The molecule has 97 valence electrons. The van der Waals surface area contributed by atoms with E-state index in [0.29, 0.717) is 33.8 Å². The smallest absolute Gasteiger partial charge is 0.144 e. The minimum atomic E-state index is -0.653. The Morgan fingerprint density at radius 3 is 2.12 bits per heavy atom. The van der Waals surface area contributed by atoms with Crippen molar-refractivity contribution in [3.8, 4) is 5.75 Å². The normalized spacial score (nSPS) is 17.9. The van der Waals surface area contributed by atoms with Gasteiger partial charge in [-0.15, -0.1) is 0 Å². The van der Waals surface area contributed by atoms with Crippen LogP contribution in [0.1, 0.15) is 22.7 Å². The van der Waals surface area contributed by atoms with E-state index in [-0.39, 0.29) is 33.8 Å². The molecule has 1 aliphatic carbocycles. The van der Waals surface area contributed by atoms with Crippen molar-refractivity contribution in [2.24, 2.45) is 17.2 Å². The van der Waals surface area contributed by atoms with Gasteiger partial charge in [0.05, 0.1) is 23.1 Å². The van der Waals surface area contributed by atoms with Gasteiger partial charge in [-0.25, -0.2) is 0 Å². The summed E-state index contributed by atoms with van der Waals surface area (Å²) in [6.45, 7) is 1.71. The average molecular weight is 329 g/mol. The first-order chi connectivity index (χ1) is 7.37. The van der Waals surface area contributed by atoms with Gasteiger partial charge in [-0.3, -0.25) is 0 Å². The average Bonchev–Trinajstić information content (AvgIpc) is 2.48. The maximum absolute atomic E-state index is 9.93. The molecule has 2 rings (SSSR count). The maximum atomic E-state index is 9.93. The molecule has 1 atom stereocenters. The van der Waals surface area contributed by atoms with Crippen LogP contribution in [0.15, 0.2) is 5.70 Å². The summed E-state index contributed by atoms with van der Waals surface area (Å²) in [4.78, 5) is 0. The number of fused-ring (bicyclic) bond motifs is 1. The summed E-state index contributed by atoms with van der Waals surface area (Å²) in [5, 5.41) is 9.93. The standard InChI is InChI=1S/C10H15N5O.Ag/c1-2-5(11)3-4(10(16)6(2)12)8(14)9(15)7(3)13;/h8,16H,11-15H2,1H3;. The third-order valence-corrected chi connectivity index (χ3v) is 3.08. The molecule has 11 N–H and O–H groups in total. The van der Waals surface area contributed by atoms with Crippen LogP contribution in [0.4, 0.5) is 11.4 Å². The van der Waals surface area contributed by atoms with Gasteiger partial charge < -0.3 is 33.8 Å². The molecule has 1 aliphatic rings. The number of nitrogen functional groups attached to an aromatic ring is 2. The number of nitrogens with two attached hydrogens (primary N) is 5. The van der Waals surface area contributed by atoms with Gasteiger partial charge in [-0.1, -0.05) is 0 Å². The van der Waals surface area contributed by atoms with Crippen molar-refractivity contribution < 1.29 is 27.5 Å². The summed E-state index contributed by atoms with van der Waals surface area (Å²) in [5.74, 6) is -0.0856. The number of phenols is 1. The van der Waals surface area contributed by atoms with Gasteiger partial charge in [-0.2, -0.15) is 0 Å². The second-order valence-electron chi connectivity index (χ2n) is 3.94. The van der Waals surface area contributed by atoms with E-state index in [4.69, 9.17) is 28.7 Å². The van der Waals surface area contributed by atoms with Gasteiger partial charge >= 0.3 is 0 Å². The third kappa shape index (κ3) is 1.57. The van der Waals surface area contributed by atoms with Crippen molar-refractivity contribution in [1.29, 1.82) is 0 Å². The van der Waals surface area contributed by atoms with Crippen LogP contribution >= 0.6 is 0 Å². The molecule has 17 heavy (non-hydrogen) atoms. The van der Waals surface area contributed by atoms with Crippen LogP contribution in [-0.4, -0.2) is 5.11 Å². The molecule has 0 saturated heterocycles. The van der Waals surface area contributed by atoms with E-state index >= 15 is 0 Å². The summed E-state index contributed by atoms with van der Waals surface area (Å²) in [6.07, 6.45) is 0. The summed E-state index contributed by atoms with van der Waals surface area (Å²) in [7, 11) is 0. The minimum absolute atomic E-state index is 0. The van der Waals surface area contributed by atoms with Crippen LogP contribution in [0.5, 0.6) is 5.75 Å². The first kappa shape index (κ1) is 13.7. The monoisotopic (exact) mass is 328 g/mol. The fourth-order valence-corrected chi connectivity index (χ4v) is 1.98. The molecule has 0 heterocycles. The van der Waals surface area contributed by atoms with Gasteiger partial charge in [0.25, 0.3) is 0 Å². The molecule has 6 nitrogen and oxygen atoms in total. The molecule has 7 heteroatoms. The van der Waals surface area contributed by atoms with E-state index in [1.165, 1.54) is 0 Å². The topological polar surface area (TPSA) is 150 Å². The van der Waals surface area contributed by atoms with E-state index < -0.39 is 6.04 Å². The number of anilines is 2. The first-order valence-electron chi connectivity index (χ1n) is 4.79. The van der Waals surface area contributed by atoms with Crippen molar-refractivity contribution in [1.82, 2.24) is 0 Å². The number of phenolic OH excluding ortho intramolecular Hbond substituents is 1. The molecule has 0 fully saturated rings. The van der Waals surface area contributed by atoms with Gasteiger partial charge in [0.2, 0.25) is 0 Å². The van der Waals surface area contributed by atoms with Crippen molar-refractivity contribution >= 4 is 17.1 Å². The van der Waals surface area contributed by atoms with E-state index in [1.54, 1.807) is 6.92 Å². The quantitative estimate of drug-likeness (QED) is 0.163. The zero-order chi connectivity index (χ0) is 12.2. The first-order valence-corrected chi connectivity index (χ1v) is 4.79. The predicted molar refractivity (Wildman–Crippen MR) is 63.9 cm³/mol. The number of benzene rings is 1. The predicted octanol–water partition coefficient (Wildman–Crippen LogP) is -0.538. The van der Waals surface area contributed by atoms with E-state index in [9.17, 15) is 5.11 Å². The minimum Gasteiger partial charge on any atom is -0.505 e. The molecule has 0 aromatic heterocycles. The van der Waals surface area contributed by atoms with E-state index in [1.807, 2.05) is 0 Å². The number of hydrogen-bond acceptors (Lipinski definition) is 6. The van der Waals surface area contributed by atoms with Gasteiger partial charge in [0.15, 0.2) is 0 Å². The number of rotatable bonds is 0. The van der Waals surface area contributed by atoms with Crippen LogP contribution in [0, 0.1) is 6.92 Å². The second-order valence-corrected chi connectivity index (χ2v) is 3.94. The van der Waals surface area contributed by atoms with E-state index in [2.05, 4.69) is 0 Å². The molecular weight excluding hydrogens is 314 g/mol. The van der Waals surface area contributed by atoms with Crippen molar-refractivity contribution in [2.45, 2.75) is 13.0 Å². The van der Waals surface area contributed by atoms with Crippen molar-refractivity contribution in [2.75, 3.05) is 11.5 Å². The fraction of sp³-hybridized carbons (Fsp3) is 0.200. The molecule has 1 aromatic carbocycles. The van der Waals surface area contributed by atoms with Gasteiger partial charge in [-0.05, 0) is 12.5 Å². The Bertz CT molecular complexity index is 526. The summed E-state index contributed by atoms with van der Waals surface area (Å²) in [6, 6.07) is -0.653. The molecule has 0 aliphatic heterocycles. The summed E-state index contributed by atoms with van der Waals surface area (Å²) in [5.41, 5.74) is 31.8. The molecular formula is C10H15AgN5O. The molecule has 0 bridgehead atoms. The molecule has 0 saturated carbocycles. The van der Waals surface area contributed by atoms with Crippen LogP contribution in [0.2, 0.25) is 0 Å². The summed E-state index contributed by atoms with van der Waals surface area (Å²) >= 11 is 0. The van der Waals surface area contributed by atoms with Gasteiger partial charge in [0.1, 0.15) is 5.75 Å². The van der Waals surface area contributed by atoms with Gasteiger partial charge in [0, 0.05) is 39.2 Å². The Balaban J connectivity index is 0.00000144. The Morgan fingerprint density at radius 1 is 1.06 bits per heavy atom. The SMILES string of the molecule is Cc1c(N)c(O)c2c(c1N)C(N)=C(N)C2N.[Ag]. The molecule has 1 radical (unpaired) electrons. The van der Waals surface area contributed by atoms with Crippen LogP contribution in [0.25, 0.3) is 5.70 Å². The number of aromatic hydroxyl groups is 1. The molecule has 0 spiro atoms. The van der Waals surface area contributed by atoms with Crippen molar-refractivity contribution in [3.63, 3.8) is 0 Å². The van der Waals surface area contributed by atoms with Crippen LogP contribution in [-0.2, 0) is 22.4 Å². The second kappa shape index (κ2) is 4.15. The Morgan fingerprint density at radius 2 is 1.59 bits per heavy atom. The number of hydrogen-bond donors (Lipinski definition) is 6. The zero-order valence-corrected chi connectivity index (χ0v) is 10.7. The van der Waals surface area contributed by atoms with E-state index in [0.717, 1.165) is 0 Å². The van der Waals surface area contributed by atoms with Crippen molar-refractivity contribution in [3.05, 3.63) is 22.4 Å². The Kier molecular flexibility index (Phi) is 3.35. The Labute approximate surface area is 114 Å². The summed E-state index contributed by atoms with van der Waals surface area (Å²) < 4.78 is 0. The third-order valence-electron chi connectivity index (χ3n) is 3.08. The fourth-order valence-electron chi connectivity index (χ4n) is 1.98. The van der Waals surface area contributed by atoms with Crippen LogP contribution < -0.4 is 28.7 Å². The molecule has 0 amide bonds.